The minimum atomic E-state index is -1.13. The molecule has 0 saturated heterocycles. The number of halogens is 3. The summed E-state index contributed by atoms with van der Waals surface area (Å²) in [7, 11) is 0. The van der Waals surface area contributed by atoms with Crippen molar-refractivity contribution in [1.82, 2.24) is 0 Å². The van der Waals surface area contributed by atoms with Crippen LogP contribution in [0.4, 0.5) is 0 Å². The summed E-state index contributed by atoms with van der Waals surface area (Å²) in [5, 5.41) is 11.0. The quantitative estimate of drug-likeness (QED) is 0.321. The number of ether oxygens (including phenoxy) is 3. The van der Waals surface area contributed by atoms with E-state index in [-0.39, 0.29) is 24.0 Å². The van der Waals surface area contributed by atoms with Crippen molar-refractivity contribution in [3.8, 4) is 17.2 Å². The highest BCUT2D eigenvalue weighted by atomic mass is 35.5. The lowest BCUT2D eigenvalue weighted by atomic mass is 10.0. The summed E-state index contributed by atoms with van der Waals surface area (Å²) < 4.78 is 16.4. The molecule has 0 amide bonds. The van der Waals surface area contributed by atoms with E-state index in [0.29, 0.717) is 44.0 Å². The second-order valence-corrected chi connectivity index (χ2v) is 7.83. The van der Waals surface area contributed by atoms with Crippen LogP contribution in [0.15, 0.2) is 54.6 Å². The molecule has 0 unspecified atom stereocenters. The van der Waals surface area contributed by atoms with Crippen LogP contribution in [0.5, 0.6) is 17.2 Å². The summed E-state index contributed by atoms with van der Waals surface area (Å²) in [6.45, 7) is 0.238. The van der Waals surface area contributed by atoms with E-state index < -0.39 is 5.97 Å². The highest BCUT2D eigenvalue weighted by Gasteiger charge is 2.21. The maximum atomic E-state index is 12.0. The lowest BCUT2D eigenvalue weighted by Crippen LogP contribution is -2.01. The number of hydrogen-bond acceptors (Lipinski definition) is 4. The predicted octanol–water partition coefficient (Wildman–Crippen LogP) is 6.58. The molecule has 0 spiro atoms. The Morgan fingerprint density at radius 2 is 1.65 bits per heavy atom. The van der Waals surface area contributed by atoms with Crippen molar-refractivity contribution in [3.63, 3.8) is 0 Å². The first kappa shape index (κ1) is 21.4. The summed E-state index contributed by atoms with van der Waals surface area (Å²) in [4.78, 5) is 12.0. The smallest absolute Gasteiger partial charge is 0.336 e. The van der Waals surface area contributed by atoms with E-state index in [9.17, 15) is 9.90 Å². The maximum Gasteiger partial charge on any atom is 0.336 e. The lowest BCUT2D eigenvalue weighted by Gasteiger charge is -2.11. The van der Waals surface area contributed by atoms with E-state index in [2.05, 4.69) is 0 Å². The monoisotopic (exact) mass is 476 g/mol. The van der Waals surface area contributed by atoms with E-state index in [0.717, 1.165) is 0 Å². The van der Waals surface area contributed by atoms with Crippen LogP contribution in [0, 0.1) is 0 Å². The molecule has 0 saturated carbocycles. The molecule has 4 rings (SSSR count). The topological polar surface area (TPSA) is 65.0 Å². The molecule has 0 bridgehead atoms. The van der Waals surface area contributed by atoms with Gasteiger partial charge < -0.3 is 19.3 Å². The van der Waals surface area contributed by atoms with Gasteiger partial charge in [0.2, 0.25) is 6.79 Å². The van der Waals surface area contributed by atoms with Crippen molar-refractivity contribution < 1.29 is 24.1 Å². The number of hydrogen-bond donors (Lipinski definition) is 1. The Hall–Kier alpha value is -2.86. The van der Waals surface area contributed by atoms with E-state index >= 15 is 0 Å². The summed E-state index contributed by atoms with van der Waals surface area (Å²) in [5.41, 5.74) is 1.63. The Bertz CT molecular complexity index is 1170. The van der Waals surface area contributed by atoms with Crippen LogP contribution in [0.3, 0.4) is 0 Å². The molecule has 3 aromatic carbocycles. The van der Waals surface area contributed by atoms with E-state index in [1.54, 1.807) is 54.6 Å². The first-order valence-electron chi connectivity index (χ1n) is 9.12. The molecule has 3 aromatic rings. The molecule has 1 aliphatic heterocycles. The average molecular weight is 478 g/mol. The van der Waals surface area contributed by atoms with Crippen molar-refractivity contribution in [2.45, 2.75) is 6.61 Å². The van der Waals surface area contributed by atoms with Gasteiger partial charge in [0.1, 0.15) is 12.4 Å². The van der Waals surface area contributed by atoms with Gasteiger partial charge >= 0.3 is 5.97 Å². The lowest BCUT2D eigenvalue weighted by molar-refractivity contribution is -0.130. The number of carboxylic acid groups (broad SMARTS) is 1. The number of carbonyl (C=O) groups is 1. The van der Waals surface area contributed by atoms with Crippen LogP contribution < -0.4 is 14.2 Å². The second-order valence-electron chi connectivity index (χ2n) is 6.61. The molecular weight excluding hydrogens is 463 g/mol. The van der Waals surface area contributed by atoms with E-state index in [1.165, 1.54) is 6.08 Å². The molecule has 1 aliphatic rings. The van der Waals surface area contributed by atoms with Crippen LogP contribution in [0.2, 0.25) is 15.1 Å². The highest BCUT2D eigenvalue weighted by Crippen LogP contribution is 2.39. The molecule has 0 aliphatic carbocycles. The minimum absolute atomic E-state index is 0.00889. The van der Waals surface area contributed by atoms with Gasteiger partial charge in [-0.15, -0.1) is 0 Å². The average Bonchev–Trinajstić information content (AvgIpc) is 3.18. The fraction of sp³-hybridized carbons (Fsp3) is 0.0870. The molecular formula is C23H15Cl3O5. The van der Waals surface area contributed by atoms with Crippen LogP contribution >= 0.6 is 34.8 Å². The Morgan fingerprint density at radius 1 is 0.968 bits per heavy atom. The fourth-order valence-electron chi connectivity index (χ4n) is 3.06. The third-order valence-corrected chi connectivity index (χ3v) is 5.62. The number of benzene rings is 3. The van der Waals surface area contributed by atoms with Crippen molar-refractivity contribution >= 4 is 52.4 Å². The number of rotatable bonds is 6. The molecule has 5 nitrogen and oxygen atoms in total. The number of aliphatic carboxylic acids is 1. The standard InChI is InChI=1S/C23H15Cl3O5/c24-18-5-2-6-19(25)17(18)11-29-14-4-1-3-13(7-14)8-16(23(27)28)15-9-21-22(10-20(15)26)31-12-30-21/h1-10H,11-12H2,(H,27,28)/b16-8+. The summed E-state index contributed by atoms with van der Waals surface area (Å²) in [6.07, 6.45) is 1.51. The molecule has 31 heavy (non-hydrogen) atoms. The summed E-state index contributed by atoms with van der Waals surface area (Å²) >= 11 is 18.7. The zero-order chi connectivity index (χ0) is 22.0. The van der Waals surface area contributed by atoms with Gasteiger partial charge in [0.25, 0.3) is 0 Å². The van der Waals surface area contributed by atoms with E-state index in [4.69, 9.17) is 49.0 Å². The van der Waals surface area contributed by atoms with Gasteiger partial charge in [-0.05, 0) is 42.0 Å². The van der Waals surface area contributed by atoms with Gasteiger partial charge in [-0.3, -0.25) is 0 Å². The van der Waals surface area contributed by atoms with Gasteiger partial charge in [-0.2, -0.15) is 0 Å². The van der Waals surface area contributed by atoms with Gasteiger partial charge in [0, 0.05) is 27.2 Å². The van der Waals surface area contributed by atoms with Crippen molar-refractivity contribution in [1.29, 1.82) is 0 Å². The Balaban J connectivity index is 1.62. The van der Waals surface area contributed by atoms with Gasteiger partial charge in [0.15, 0.2) is 11.5 Å². The predicted molar refractivity (Wildman–Crippen MR) is 120 cm³/mol. The number of fused-ring (bicyclic) bond motifs is 1. The molecule has 158 valence electrons. The van der Waals surface area contributed by atoms with Crippen LogP contribution in [0.1, 0.15) is 16.7 Å². The van der Waals surface area contributed by atoms with Crippen LogP contribution in [-0.4, -0.2) is 17.9 Å². The van der Waals surface area contributed by atoms with Crippen LogP contribution in [-0.2, 0) is 11.4 Å². The van der Waals surface area contributed by atoms with Crippen molar-refractivity contribution in [2.24, 2.45) is 0 Å². The second kappa shape index (κ2) is 9.10. The molecule has 8 heteroatoms. The zero-order valence-corrected chi connectivity index (χ0v) is 18.2. The largest absolute Gasteiger partial charge is 0.489 e. The Labute approximate surface area is 193 Å². The van der Waals surface area contributed by atoms with E-state index in [1.807, 2.05) is 0 Å². The van der Waals surface area contributed by atoms with Crippen molar-refractivity contribution in [3.05, 3.63) is 86.4 Å². The highest BCUT2D eigenvalue weighted by molar-refractivity contribution is 6.36. The first-order valence-corrected chi connectivity index (χ1v) is 10.3. The Kier molecular flexibility index (Phi) is 6.28. The molecule has 1 heterocycles. The number of carboxylic acids is 1. The minimum Gasteiger partial charge on any atom is -0.489 e. The summed E-state index contributed by atoms with van der Waals surface area (Å²) in [5.74, 6) is 0.327. The normalized spacial score (nSPS) is 12.7. The first-order chi connectivity index (χ1) is 14.9. The molecule has 0 aromatic heterocycles. The molecule has 0 radical (unpaired) electrons. The third kappa shape index (κ3) is 4.74. The third-order valence-electron chi connectivity index (χ3n) is 4.60. The molecule has 1 N–H and O–H groups in total. The van der Waals surface area contributed by atoms with Crippen LogP contribution in [0.25, 0.3) is 11.6 Å². The molecule has 0 atom stereocenters. The van der Waals surface area contributed by atoms with Crippen molar-refractivity contribution in [2.75, 3.05) is 6.79 Å². The Morgan fingerprint density at radius 3 is 2.35 bits per heavy atom. The van der Waals surface area contributed by atoms with Gasteiger partial charge in [-0.25, -0.2) is 4.79 Å². The SMILES string of the molecule is O=C(O)/C(=C/c1cccc(OCc2c(Cl)cccc2Cl)c1)c1cc2c(cc1Cl)OCO2. The zero-order valence-electron chi connectivity index (χ0n) is 15.9. The fourth-order valence-corrected chi connectivity index (χ4v) is 3.83. The maximum absolute atomic E-state index is 12.0. The van der Waals surface area contributed by atoms with Gasteiger partial charge in [0.05, 0.1) is 10.6 Å². The summed E-state index contributed by atoms with van der Waals surface area (Å²) in [6, 6.07) is 15.3. The molecule has 0 fully saturated rings. The van der Waals surface area contributed by atoms with Gasteiger partial charge in [-0.1, -0.05) is 53.0 Å².